The maximum atomic E-state index is 10.2. The predicted octanol–water partition coefficient (Wildman–Crippen LogP) is 1.74. The van der Waals surface area contributed by atoms with Crippen molar-refractivity contribution in [2.24, 2.45) is 11.1 Å². The highest BCUT2D eigenvalue weighted by Crippen LogP contribution is 2.23. The third-order valence-electron chi connectivity index (χ3n) is 1.98. The van der Waals surface area contributed by atoms with Crippen molar-refractivity contribution in [3.63, 3.8) is 0 Å². The van der Waals surface area contributed by atoms with Crippen LogP contribution in [0.4, 0.5) is 0 Å². The molecule has 6 heteroatoms. The summed E-state index contributed by atoms with van der Waals surface area (Å²) in [6.45, 7) is 7.34. The van der Waals surface area contributed by atoms with Crippen LogP contribution >= 0.6 is 12.4 Å². The molecule has 0 aromatic rings. The van der Waals surface area contributed by atoms with Gasteiger partial charge < -0.3 is 15.9 Å². The van der Waals surface area contributed by atoms with Gasteiger partial charge >= 0.3 is 11.9 Å². The van der Waals surface area contributed by atoms with Gasteiger partial charge in [-0.15, -0.1) is 12.4 Å². The molecule has 0 saturated heterocycles. The van der Waals surface area contributed by atoms with Crippen molar-refractivity contribution in [1.82, 2.24) is 0 Å². The van der Waals surface area contributed by atoms with E-state index < -0.39 is 18.0 Å². The molecule has 0 aliphatic rings. The fourth-order valence-corrected chi connectivity index (χ4v) is 0.534. The van der Waals surface area contributed by atoms with E-state index in [0.29, 0.717) is 0 Å². The number of carbonyl (C=O) groups is 2. The molecule has 0 amide bonds. The zero-order valence-corrected chi connectivity index (χ0v) is 11.0. The lowest BCUT2D eigenvalue weighted by molar-refractivity contribution is -0.139. The summed E-state index contributed by atoms with van der Waals surface area (Å²) in [6.07, 6.45) is 1.18. The zero-order chi connectivity index (χ0) is 12.6. The molecule has 0 rings (SSSR count). The standard InChI is InChI=1S/C7H14O2.C3H7NO2.ClH/c1-4-7(2,3)5-6(8)9;1-2(4)3(5)6;/h4-5H2,1-3H3,(H,8,9);2H,4H2,1H3,(H,5,6);1H/t;2-;/m.0./s1. The minimum atomic E-state index is -0.963. The minimum absolute atomic E-state index is 0. The molecule has 0 aliphatic carbocycles. The first-order valence-electron chi connectivity index (χ1n) is 4.82. The van der Waals surface area contributed by atoms with Crippen molar-refractivity contribution in [3.05, 3.63) is 0 Å². The lowest BCUT2D eigenvalue weighted by atomic mass is 9.87. The number of hydrogen-bond donors (Lipinski definition) is 3. The summed E-state index contributed by atoms with van der Waals surface area (Å²) in [5, 5.41) is 16.2. The number of carboxylic acids is 2. The number of carboxylic acid groups (broad SMARTS) is 2. The van der Waals surface area contributed by atoms with Crippen molar-refractivity contribution in [2.45, 2.75) is 46.6 Å². The Morgan fingerprint density at radius 1 is 1.31 bits per heavy atom. The molecule has 0 radical (unpaired) electrons. The Morgan fingerprint density at radius 2 is 1.62 bits per heavy atom. The van der Waals surface area contributed by atoms with Crippen LogP contribution in [0.3, 0.4) is 0 Å². The molecule has 0 aromatic carbocycles. The summed E-state index contributed by atoms with van der Waals surface area (Å²) < 4.78 is 0. The molecular weight excluding hydrogens is 234 g/mol. The van der Waals surface area contributed by atoms with Crippen LogP contribution in [0.5, 0.6) is 0 Å². The normalized spacial score (nSPS) is 11.6. The number of nitrogens with two attached hydrogens (primary N) is 1. The summed E-state index contributed by atoms with van der Waals surface area (Å²) in [6, 6.07) is -0.731. The van der Waals surface area contributed by atoms with E-state index in [1.807, 2.05) is 20.8 Å². The molecule has 0 unspecified atom stereocenters. The smallest absolute Gasteiger partial charge is 0.320 e. The molecule has 16 heavy (non-hydrogen) atoms. The average molecular weight is 256 g/mol. The molecule has 0 saturated carbocycles. The van der Waals surface area contributed by atoms with Crippen LogP contribution in [-0.4, -0.2) is 28.2 Å². The molecule has 1 atom stereocenters. The maximum absolute atomic E-state index is 10.2. The Balaban J connectivity index is -0.000000214. The van der Waals surface area contributed by atoms with Crippen molar-refractivity contribution in [3.8, 4) is 0 Å². The zero-order valence-electron chi connectivity index (χ0n) is 10.2. The van der Waals surface area contributed by atoms with Gasteiger partial charge in [-0.05, 0) is 12.3 Å². The van der Waals surface area contributed by atoms with E-state index in [4.69, 9.17) is 15.9 Å². The Labute approximate surface area is 102 Å². The second kappa shape index (κ2) is 9.42. The van der Waals surface area contributed by atoms with Gasteiger partial charge in [-0.3, -0.25) is 9.59 Å². The number of halogens is 1. The molecule has 0 fully saturated rings. The predicted molar refractivity (Wildman–Crippen MR) is 64.9 cm³/mol. The molecule has 0 aliphatic heterocycles. The van der Waals surface area contributed by atoms with Gasteiger partial charge in [0.25, 0.3) is 0 Å². The highest BCUT2D eigenvalue weighted by atomic mass is 35.5. The fraction of sp³-hybridized carbons (Fsp3) is 0.800. The Bertz CT molecular complexity index is 217. The minimum Gasteiger partial charge on any atom is -0.481 e. The topological polar surface area (TPSA) is 101 Å². The van der Waals surface area contributed by atoms with Crippen LogP contribution in [0.25, 0.3) is 0 Å². The lowest BCUT2D eigenvalue weighted by Crippen LogP contribution is -2.25. The van der Waals surface area contributed by atoms with E-state index >= 15 is 0 Å². The van der Waals surface area contributed by atoms with Gasteiger partial charge in [0.05, 0.1) is 6.42 Å². The van der Waals surface area contributed by atoms with Gasteiger partial charge in [-0.1, -0.05) is 27.2 Å². The number of aliphatic carboxylic acids is 2. The Morgan fingerprint density at radius 3 is 1.69 bits per heavy atom. The van der Waals surface area contributed by atoms with E-state index in [9.17, 15) is 9.59 Å². The van der Waals surface area contributed by atoms with Crippen molar-refractivity contribution in [2.75, 3.05) is 0 Å². The van der Waals surface area contributed by atoms with Gasteiger partial charge in [0, 0.05) is 0 Å². The molecule has 0 bridgehead atoms. The second-order valence-corrected chi connectivity index (χ2v) is 4.22. The highest BCUT2D eigenvalue weighted by Gasteiger charge is 2.18. The van der Waals surface area contributed by atoms with Crippen LogP contribution in [0.1, 0.15) is 40.5 Å². The van der Waals surface area contributed by atoms with Crippen LogP contribution in [-0.2, 0) is 9.59 Å². The molecular formula is C10H22ClNO4. The summed E-state index contributed by atoms with van der Waals surface area (Å²) in [5.41, 5.74) is 4.80. The largest absolute Gasteiger partial charge is 0.481 e. The average Bonchev–Trinajstić information content (AvgIpc) is 2.03. The summed E-state index contributed by atoms with van der Waals surface area (Å²) in [5.74, 6) is -1.67. The molecule has 0 spiro atoms. The Kier molecular flexibility index (Phi) is 12.1. The van der Waals surface area contributed by atoms with Crippen LogP contribution in [0.15, 0.2) is 0 Å². The van der Waals surface area contributed by atoms with Gasteiger partial charge in [0.15, 0.2) is 0 Å². The molecule has 5 nitrogen and oxygen atoms in total. The first-order chi connectivity index (χ1) is 6.62. The lowest BCUT2D eigenvalue weighted by Gasteiger charge is -2.18. The van der Waals surface area contributed by atoms with Crippen LogP contribution in [0.2, 0.25) is 0 Å². The first kappa shape index (κ1) is 20.6. The summed E-state index contributed by atoms with van der Waals surface area (Å²) in [7, 11) is 0. The van der Waals surface area contributed by atoms with Gasteiger partial charge in [0.1, 0.15) is 6.04 Å². The maximum Gasteiger partial charge on any atom is 0.320 e. The van der Waals surface area contributed by atoms with Crippen LogP contribution < -0.4 is 5.73 Å². The highest BCUT2D eigenvalue weighted by molar-refractivity contribution is 5.85. The Hall–Kier alpha value is -0.810. The molecule has 98 valence electrons. The molecule has 0 heterocycles. The van der Waals surface area contributed by atoms with Gasteiger partial charge in [-0.25, -0.2) is 0 Å². The van der Waals surface area contributed by atoms with Gasteiger partial charge in [0.2, 0.25) is 0 Å². The van der Waals surface area contributed by atoms with Crippen LogP contribution in [0, 0.1) is 5.41 Å². The fourth-order valence-electron chi connectivity index (χ4n) is 0.534. The SMILES string of the molecule is CCC(C)(C)CC(=O)O.C[C@H](N)C(=O)O.Cl. The molecule has 4 N–H and O–H groups in total. The van der Waals surface area contributed by atoms with Crippen molar-refractivity contribution < 1.29 is 19.8 Å². The quantitative estimate of drug-likeness (QED) is 0.710. The van der Waals surface area contributed by atoms with Crippen molar-refractivity contribution in [1.29, 1.82) is 0 Å². The van der Waals surface area contributed by atoms with E-state index in [0.717, 1.165) is 6.42 Å². The van der Waals surface area contributed by atoms with E-state index in [2.05, 4.69) is 0 Å². The second-order valence-electron chi connectivity index (χ2n) is 4.22. The number of rotatable bonds is 4. The third kappa shape index (κ3) is 15.7. The monoisotopic (exact) mass is 255 g/mol. The molecule has 0 aromatic heterocycles. The van der Waals surface area contributed by atoms with E-state index in [1.165, 1.54) is 6.92 Å². The summed E-state index contributed by atoms with van der Waals surface area (Å²) >= 11 is 0. The summed E-state index contributed by atoms with van der Waals surface area (Å²) in [4.78, 5) is 19.7. The van der Waals surface area contributed by atoms with Gasteiger partial charge in [-0.2, -0.15) is 0 Å². The first-order valence-corrected chi connectivity index (χ1v) is 4.82. The third-order valence-corrected chi connectivity index (χ3v) is 1.98. The van der Waals surface area contributed by atoms with E-state index in [-0.39, 0.29) is 24.2 Å². The van der Waals surface area contributed by atoms with Crippen molar-refractivity contribution >= 4 is 24.3 Å². The number of hydrogen-bond acceptors (Lipinski definition) is 3. The van der Waals surface area contributed by atoms with E-state index in [1.54, 1.807) is 0 Å².